The minimum absolute atomic E-state index is 0.344. The third-order valence-corrected chi connectivity index (χ3v) is 7.09. The summed E-state index contributed by atoms with van der Waals surface area (Å²) in [6.45, 7) is 6.02. The zero-order chi connectivity index (χ0) is 19.9. The molecule has 0 radical (unpaired) electrons. The lowest BCUT2D eigenvalue weighted by atomic mass is 9.76. The lowest BCUT2D eigenvalue weighted by Gasteiger charge is -2.29. The molecule has 4 N–H and O–H groups in total. The second-order valence-corrected chi connectivity index (χ2v) is 9.03. The van der Waals surface area contributed by atoms with E-state index in [9.17, 15) is 19.5 Å². The molecule has 1 heterocycles. The molecule has 3 atom stereocenters. The lowest BCUT2D eigenvalue weighted by molar-refractivity contribution is -0.146. The largest absolute Gasteiger partial charge is 0.481 e. The van der Waals surface area contributed by atoms with Gasteiger partial charge >= 0.3 is 5.97 Å². The van der Waals surface area contributed by atoms with E-state index in [4.69, 9.17) is 5.73 Å². The number of nitrogens with one attached hydrogen (secondary N) is 1. The van der Waals surface area contributed by atoms with Gasteiger partial charge in [0, 0.05) is 4.88 Å². The van der Waals surface area contributed by atoms with Crippen LogP contribution in [0.2, 0.25) is 0 Å². The van der Waals surface area contributed by atoms with E-state index in [1.807, 2.05) is 13.8 Å². The van der Waals surface area contributed by atoms with E-state index in [0.717, 1.165) is 40.8 Å². The van der Waals surface area contributed by atoms with Crippen LogP contribution in [0.4, 0.5) is 5.00 Å². The van der Waals surface area contributed by atoms with E-state index in [2.05, 4.69) is 12.2 Å². The van der Waals surface area contributed by atoms with Crippen LogP contribution >= 0.6 is 11.3 Å². The number of amides is 2. The number of thiophene rings is 1. The van der Waals surface area contributed by atoms with Gasteiger partial charge in [-0.05, 0) is 57.4 Å². The number of carbonyl (C=O) groups is 3. The SMILES string of the molecule is CC1=C(C)C[C@@H](C(=O)O)[C@@H](C(=O)Nc2sc3c(c2C(N)=O)CC[C@@H](C)C3)C1. The van der Waals surface area contributed by atoms with Gasteiger partial charge in [0.25, 0.3) is 5.91 Å². The number of allylic oxidation sites excluding steroid dienone is 2. The Hall–Kier alpha value is -2.15. The van der Waals surface area contributed by atoms with E-state index < -0.39 is 23.7 Å². The maximum absolute atomic E-state index is 12.9. The van der Waals surface area contributed by atoms with Gasteiger partial charge in [-0.15, -0.1) is 11.3 Å². The van der Waals surface area contributed by atoms with Crippen molar-refractivity contribution >= 4 is 34.1 Å². The minimum Gasteiger partial charge on any atom is -0.481 e. The normalized spacial score (nSPS) is 25.1. The molecule has 7 heteroatoms. The summed E-state index contributed by atoms with van der Waals surface area (Å²) in [5.41, 5.74) is 9.05. The Morgan fingerprint density at radius 2 is 1.74 bits per heavy atom. The molecule has 0 bridgehead atoms. The van der Waals surface area contributed by atoms with E-state index in [1.54, 1.807) is 0 Å². The first-order valence-corrected chi connectivity index (χ1v) is 10.1. The number of primary amides is 1. The fourth-order valence-corrected chi connectivity index (χ4v) is 5.55. The van der Waals surface area contributed by atoms with Gasteiger partial charge in [-0.25, -0.2) is 0 Å². The number of rotatable bonds is 4. The molecule has 6 nitrogen and oxygen atoms in total. The maximum Gasteiger partial charge on any atom is 0.307 e. The van der Waals surface area contributed by atoms with Gasteiger partial charge in [-0.1, -0.05) is 18.1 Å². The summed E-state index contributed by atoms with van der Waals surface area (Å²) in [4.78, 5) is 37.8. The molecule has 1 aromatic heterocycles. The Morgan fingerprint density at radius 1 is 1.11 bits per heavy atom. The Balaban J connectivity index is 1.89. The molecule has 1 aromatic rings. The van der Waals surface area contributed by atoms with Crippen LogP contribution < -0.4 is 11.1 Å². The number of hydrogen-bond donors (Lipinski definition) is 3. The van der Waals surface area contributed by atoms with Gasteiger partial charge < -0.3 is 16.2 Å². The molecule has 2 aliphatic carbocycles. The molecule has 0 spiro atoms. The van der Waals surface area contributed by atoms with Gasteiger partial charge in [-0.2, -0.15) is 0 Å². The van der Waals surface area contributed by atoms with Gasteiger partial charge in [0.05, 0.1) is 17.4 Å². The second-order valence-electron chi connectivity index (χ2n) is 7.93. The third kappa shape index (κ3) is 3.78. The molecule has 2 aliphatic rings. The molecule has 0 unspecified atom stereocenters. The Labute approximate surface area is 162 Å². The van der Waals surface area contributed by atoms with Crippen molar-refractivity contribution in [2.45, 2.75) is 52.9 Å². The predicted molar refractivity (Wildman–Crippen MR) is 105 cm³/mol. The van der Waals surface area contributed by atoms with Crippen molar-refractivity contribution < 1.29 is 19.5 Å². The summed E-state index contributed by atoms with van der Waals surface area (Å²) in [6.07, 6.45) is 3.44. The van der Waals surface area contributed by atoms with E-state index >= 15 is 0 Å². The molecule has 0 aromatic carbocycles. The Kier molecular flexibility index (Phi) is 5.42. The average molecular weight is 391 g/mol. The number of fused-ring (bicyclic) bond motifs is 1. The molecular formula is C20H26N2O4S. The number of carbonyl (C=O) groups excluding carboxylic acids is 2. The van der Waals surface area contributed by atoms with Crippen molar-refractivity contribution in [2.75, 3.05) is 5.32 Å². The highest BCUT2D eigenvalue weighted by Gasteiger charge is 2.38. The second kappa shape index (κ2) is 7.46. The van der Waals surface area contributed by atoms with Crippen LogP contribution in [0.1, 0.15) is 60.8 Å². The summed E-state index contributed by atoms with van der Waals surface area (Å²) in [7, 11) is 0. The number of aliphatic carboxylic acids is 1. The number of nitrogens with two attached hydrogens (primary N) is 1. The molecule has 3 rings (SSSR count). The molecule has 27 heavy (non-hydrogen) atoms. The van der Waals surface area contributed by atoms with Crippen molar-refractivity contribution in [3.8, 4) is 0 Å². The number of carboxylic acid groups (broad SMARTS) is 1. The van der Waals surface area contributed by atoms with Crippen molar-refractivity contribution in [2.24, 2.45) is 23.5 Å². The van der Waals surface area contributed by atoms with Crippen LogP contribution in [-0.2, 0) is 22.4 Å². The van der Waals surface area contributed by atoms with Crippen molar-refractivity contribution in [3.05, 3.63) is 27.2 Å². The first-order valence-electron chi connectivity index (χ1n) is 9.32. The lowest BCUT2D eigenvalue weighted by Crippen LogP contribution is -2.36. The average Bonchev–Trinajstić information content (AvgIpc) is 2.93. The first kappa shape index (κ1) is 19.6. The Bertz CT molecular complexity index is 839. The fourth-order valence-electron chi connectivity index (χ4n) is 4.13. The van der Waals surface area contributed by atoms with Crippen molar-refractivity contribution in [1.82, 2.24) is 0 Å². The monoisotopic (exact) mass is 390 g/mol. The molecular weight excluding hydrogens is 364 g/mol. The van der Waals surface area contributed by atoms with Gasteiger partial charge in [0.1, 0.15) is 5.00 Å². The highest BCUT2D eigenvalue weighted by atomic mass is 32.1. The van der Waals surface area contributed by atoms with E-state index in [-0.39, 0.29) is 5.91 Å². The van der Waals surface area contributed by atoms with Crippen molar-refractivity contribution in [3.63, 3.8) is 0 Å². The summed E-state index contributed by atoms with van der Waals surface area (Å²) in [5.74, 6) is -2.71. The molecule has 0 saturated heterocycles. The maximum atomic E-state index is 12.9. The molecule has 2 amide bonds. The van der Waals surface area contributed by atoms with Crippen LogP contribution in [0.25, 0.3) is 0 Å². The highest BCUT2D eigenvalue weighted by molar-refractivity contribution is 7.17. The van der Waals surface area contributed by atoms with Gasteiger partial charge in [-0.3, -0.25) is 14.4 Å². The summed E-state index contributed by atoms with van der Waals surface area (Å²) in [5, 5.41) is 12.9. The third-order valence-electron chi connectivity index (χ3n) is 5.92. The molecule has 0 saturated carbocycles. The van der Waals surface area contributed by atoms with Crippen LogP contribution in [0.3, 0.4) is 0 Å². The molecule has 0 aliphatic heterocycles. The van der Waals surface area contributed by atoms with Crippen molar-refractivity contribution in [1.29, 1.82) is 0 Å². The number of hydrogen-bond acceptors (Lipinski definition) is 4. The quantitative estimate of drug-likeness (QED) is 0.685. The first-order chi connectivity index (χ1) is 12.7. The standard InChI is InChI=1S/C20H26N2O4S/c1-9-4-5-12-15(6-9)27-19(16(12)17(21)23)22-18(24)13-7-10(2)11(3)8-14(13)20(25)26/h9,13-14H,4-8H2,1-3H3,(H2,21,23)(H,22,24)(H,25,26)/t9-,13+,14-/m1/s1. The van der Waals surface area contributed by atoms with Crippen LogP contribution in [0, 0.1) is 17.8 Å². The molecule has 0 fully saturated rings. The van der Waals surface area contributed by atoms with E-state index in [0.29, 0.717) is 29.3 Å². The van der Waals surface area contributed by atoms with Gasteiger partial charge in [0.2, 0.25) is 5.91 Å². The topological polar surface area (TPSA) is 109 Å². The number of anilines is 1. The van der Waals surface area contributed by atoms with E-state index in [1.165, 1.54) is 11.3 Å². The summed E-state index contributed by atoms with van der Waals surface area (Å²) in [6, 6.07) is 0. The van der Waals surface area contributed by atoms with Crippen LogP contribution in [-0.4, -0.2) is 22.9 Å². The molecule has 146 valence electrons. The highest BCUT2D eigenvalue weighted by Crippen LogP contribution is 2.41. The zero-order valence-corrected chi connectivity index (χ0v) is 16.7. The van der Waals surface area contributed by atoms with Crippen LogP contribution in [0.5, 0.6) is 0 Å². The predicted octanol–water partition coefficient (Wildman–Crippen LogP) is 3.36. The number of carboxylic acids is 1. The summed E-state index contributed by atoms with van der Waals surface area (Å²) >= 11 is 1.41. The summed E-state index contributed by atoms with van der Waals surface area (Å²) < 4.78 is 0. The minimum atomic E-state index is -0.962. The smallest absolute Gasteiger partial charge is 0.307 e. The zero-order valence-electron chi connectivity index (χ0n) is 15.9. The van der Waals surface area contributed by atoms with Crippen LogP contribution in [0.15, 0.2) is 11.1 Å². The fraction of sp³-hybridized carbons (Fsp3) is 0.550. The van der Waals surface area contributed by atoms with Gasteiger partial charge in [0.15, 0.2) is 0 Å². The Morgan fingerprint density at radius 3 is 2.33 bits per heavy atom.